The predicted molar refractivity (Wildman–Crippen MR) is 167 cm³/mol. The molecule has 1 spiro atoms. The van der Waals surface area contributed by atoms with Gasteiger partial charge in [0.15, 0.2) is 0 Å². The molecule has 0 aromatic heterocycles. The Bertz CT molecular complexity index is 1410. The van der Waals surface area contributed by atoms with Crippen molar-refractivity contribution in [3.05, 3.63) is 23.8 Å². The van der Waals surface area contributed by atoms with Crippen molar-refractivity contribution < 1.29 is 38.8 Å². The Labute approximate surface area is 272 Å². The molecule has 14 atom stereocenters. The van der Waals surface area contributed by atoms with Crippen LogP contribution in [0.2, 0.25) is 0 Å². The van der Waals surface area contributed by atoms with Gasteiger partial charge in [0.2, 0.25) is 0 Å². The molecule has 2 N–H and O–H groups in total. The molecule has 6 fully saturated rings. The standard InChI is InChI=1S/C37H51NO8/c1-20-9-10-24-26(20)29-27(25(44-21(2)39)17-34(24,4)42)37(32(41)46-29)19-36-14-13-33(37,3)30(36)28-22(11-12-35(36,5)43)23(31(40)45-28)18-38-15-7-6-8-16-38/h9,13-14,22-30,42-43H,6-8,10-12,15-19H2,1-5H3/t22-,23-,24+,25-,26+,27+,28-,29+,30-,33+,34+,35+,36-,37-/m0/s1. The predicted octanol–water partition coefficient (Wildman–Crippen LogP) is 3.95. The minimum Gasteiger partial charge on any atom is -0.462 e. The van der Waals surface area contributed by atoms with E-state index in [0.29, 0.717) is 32.2 Å². The summed E-state index contributed by atoms with van der Waals surface area (Å²) in [6.07, 6.45) is 10.4. The van der Waals surface area contributed by atoms with Crippen molar-refractivity contribution in [2.45, 2.75) is 115 Å². The summed E-state index contributed by atoms with van der Waals surface area (Å²) in [4.78, 5) is 43.6. The fourth-order valence-electron chi connectivity index (χ4n) is 12.7. The van der Waals surface area contributed by atoms with E-state index in [0.717, 1.165) is 31.5 Å². The van der Waals surface area contributed by atoms with Crippen LogP contribution in [0, 0.1) is 51.8 Å². The maximum atomic E-state index is 14.8. The van der Waals surface area contributed by atoms with E-state index >= 15 is 0 Å². The average molecular weight is 638 g/mol. The van der Waals surface area contributed by atoms with Gasteiger partial charge in [0, 0.05) is 54.4 Å². The van der Waals surface area contributed by atoms with Crippen molar-refractivity contribution in [2.24, 2.45) is 51.8 Å². The van der Waals surface area contributed by atoms with Crippen LogP contribution in [0.1, 0.15) is 86.0 Å². The molecule has 0 aromatic carbocycles. The molecule has 0 unspecified atom stereocenters. The molecular formula is C37H51NO8. The summed E-state index contributed by atoms with van der Waals surface area (Å²) in [6, 6.07) is 0. The van der Waals surface area contributed by atoms with Gasteiger partial charge in [0.25, 0.3) is 0 Å². The van der Waals surface area contributed by atoms with Gasteiger partial charge < -0.3 is 29.3 Å². The molecular weight excluding hydrogens is 586 g/mol. The number of fused-ring (bicyclic) bond motifs is 6. The van der Waals surface area contributed by atoms with Gasteiger partial charge in [0.1, 0.15) is 18.3 Å². The summed E-state index contributed by atoms with van der Waals surface area (Å²) < 4.78 is 19.1. The molecule has 0 amide bonds. The van der Waals surface area contributed by atoms with E-state index in [1.54, 1.807) is 0 Å². The second-order valence-corrected chi connectivity index (χ2v) is 17.0. The molecule has 9 heteroatoms. The molecule has 2 bridgehead atoms. The fourth-order valence-corrected chi connectivity index (χ4v) is 12.7. The molecule has 0 aromatic rings. The minimum atomic E-state index is -1.17. The number of carbonyl (C=O) groups is 3. The quantitative estimate of drug-likeness (QED) is 0.269. The Hall–Kier alpha value is -2.23. The lowest BCUT2D eigenvalue weighted by Crippen LogP contribution is -2.53. The Morgan fingerprint density at radius 3 is 2.52 bits per heavy atom. The van der Waals surface area contributed by atoms with Crippen LogP contribution in [0.5, 0.6) is 0 Å². The molecule has 3 saturated heterocycles. The first-order valence-electron chi connectivity index (χ1n) is 17.8. The van der Waals surface area contributed by atoms with Crippen molar-refractivity contribution in [3.8, 4) is 0 Å². The van der Waals surface area contributed by atoms with Gasteiger partial charge in [0.05, 0.1) is 28.5 Å². The van der Waals surface area contributed by atoms with Crippen molar-refractivity contribution in [1.82, 2.24) is 4.90 Å². The molecule has 8 aliphatic rings. The number of carbonyl (C=O) groups excluding carboxylic acids is 3. The first-order valence-corrected chi connectivity index (χ1v) is 17.8. The fraction of sp³-hybridized carbons (Fsp3) is 0.811. The Morgan fingerprint density at radius 1 is 1.07 bits per heavy atom. The molecule has 3 heterocycles. The van der Waals surface area contributed by atoms with Crippen LogP contribution in [-0.4, -0.2) is 82.2 Å². The van der Waals surface area contributed by atoms with Crippen molar-refractivity contribution in [3.63, 3.8) is 0 Å². The zero-order valence-electron chi connectivity index (χ0n) is 28.0. The van der Waals surface area contributed by atoms with Gasteiger partial charge in [-0.25, -0.2) is 0 Å². The molecule has 9 nitrogen and oxygen atoms in total. The van der Waals surface area contributed by atoms with Crippen LogP contribution in [0.25, 0.3) is 0 Å². The van der Waals surface area contributed by atoms with Gasteiger partial charge in [-0.2, -0.15) is 0 Å². The average Bonchev–Trinajstić information content (AvgIpc) is 3.70. The topological polar surface area (TPSA) is 123 Å². The molecule has 8 rings (SSSR count). The third-order valence-corrected chi connectivity index (χ3v) is 14.8. The van der Waals surface area contributed by atoms with Crippen LogP contribution in [0.15, 0.2) is 23.8 Å². The number of aliphatic hydroxyl groups is 2. The molecule has 3 saturated carbocycles. The normalized spacial score (nSPS) is 53.9. The zero-order chi connectivity index (χ0) is 32.6. The number of nitrogens with zero attached hydrogens (tertiary/aromatic N) is 1. The lowest BCUT2D eigenvalue weighted by Gasteiger charge is -2.46. The first-order chi connectivity index (χ1) is 21.7. The van der Waals surface area contributed by atoms with Gasteiger partial charge in [-0.1, -0.05) is 37.1 Å². The van der Waals surface area contributed by atoms with Crippen LogP contribution in [0.3, 0.4) is 0 Å². The summed E-state index contributed by atoms with van der Waals surface area (Å²) in [5, 5.41) is 24.5. The van der Waals surface area contributed by atoms with E-state index in [2.05, 4.69) is 30.1 Å². The highest BCUT2D eigenvalue weighted by molar-refractivity contribution is 5.84. The number of hydrogen-bond donors (Lipinski definition) is 2. The summed E-state index contributed by atoms with van der Waals surface area (Å²) in [5.41, 5.74) is -4.06. The van der Waals surface area contributed by atoms with E-state index in [1.807, 2.05) is 20.8 Å². The van der Waals surface area contributed by atoms with Crippen LogP contribution >= 0.6 is 0 Å². The summed E-state index contributed by atoms with van der Waals surface area (Å²) in [6.45, 7) is 11.9. The van der Waals surface area contributed by atoms with Gasteiger partial charge in [-0.3, -0.25) is 14.4 Å². The molecule has 46 heavy (non-hydrogen) atoms. The monoisotopic (exact) mass is 637 g/mol. The number of likely N-dealkylation sites (tertiary alicyclic amines) is 1. The van der Waals surface area contributed by atoms with Crippen LogP contribution in [0.4, 0.5) is 0 Å². The molecule has 3 aliphatic heterocycles. The molecule has 252 valence electrons. The van der Waals surface area contributed by atoms with Crippen molar-refractivity contribution in [2.75, 3.05) is 19.6 Å². The maximum Gasteiger partial charge on any atom is 0.313 e. The Morgan fingerprint density at radius 2 is 1.80 bits per heavy atom. The number of allylic oxidation sites excluding steroid dienone is 2. The summed E-state index contributed by atoms with van der Waals surface area (Å²) in [5.74, 6) is -2.54. The van der Waals surface area contributed by atoms with Gasteiger partial charge in [-0.05, 0) is 72.4 Å². The van der Waals surface area contributed by atoms with Gasteiger partial charge >= 0.3 is 17.9 Å². The lowest BCUT2D eigenvalue weighted by atomic mass is 9.54. The highest BCUT2D eigenvalue weighted by Gasteiger charge is 2.85. The third-order valence-electron chi connectivity index (χ3n) is 14.8. The third kappa shape index (κ3) is 3.82. The van der Waals surface area contributed by atoms with E-state index in [1.165, 1.54) is 13.3 Å². The second kappa shape index (κ2) is 9.91. The van der Waals surface area contributed by atoms with Crippen molar-refractivity contribution >= 4 is 17.9 Å². The maximum absolute atomic E-state index is 14.8. The number of rotatable bonds is 3. The first kappa shape index (κ1) is 31.1. The van der Waals surface area contributed by atoms with E-state index in [9.17, 15) is 24.6 Å². The second-order valence-electron chi connectivity index (χ2n) is 17.0. The zero-order valence-corrected chi connectivity index (χ0v) is 28.0. The van der Waals surface area contributed by atoms with E-state index in [-0.39, 0.29) is 47.9 Å². The molecule has 0 radical (unpaired) electrons. The number of esters is 3. The summed E-state index contributed by atoms with van der Waals surface area (Å²) in [7, 11) is 0. The van der Waals surface area contributed by atoms with E-state index in [4.69, 9.17) is 14.2 Å². The highest BCUT2D eigenvalue weighted by atomic mass is 16.6. The Kier molecular flexibility index (Phi) is 6.69. The summed E-state index contributed by atoms with van der Waals surface area (Å²) >= 11 is 0. The number of hydrogen-bond acceptors (Lipinski definition) is 9. The largest absolute Gasteiger partial charge is 0.462 e. The number of ether oxygens (including phenoxy) is 3. The Balaban J connectivity index is 1.26. The lowest BCUT2D eigenvalue weighted by molar-refractivity contribution is -0.165. The van der Waals surface area contributed by atoms with E-state index < -0.39 is 57.6 Å². The SMILES string of the molecule is CC(=O)O[C@H]1C[C@@](C)(O)[C@@H]2CC=C(C)[C@H]2[C@H]2OC(=O)[C@]3(C[C@@]45C=C[C@]3(C)[C@@H]4[C@H]3OC(=O)[C@@H](CN4CCCCC4)[C@@H]3CC[C@@]5(C)O)[C@@H]21. The number of piperidine rings is 1. The smallest absolute Gasteiger partial charge is 0.313 e. The minimum absolute atomic E-state index is 0.0705. The molecule has 5 aliphatic carbocycles. The van der Waals surface area contributed by atoms with Crippen LogP contribution < -0.4 is 0 Å². The van der Waals surface area contributed by atoms with Crippen molar-refractivity contribution in [1.29, 1.82) is 0 Å². The highest BCUT2D eigenvalue weighted by Crippen LogP contribution is 2.80. The van der Waals surface area contributed by atoms with Crippen LogP contribution in [-0.2, 0) is 28.6 Å². The van der Waals surface area contributed by atoms with Gasteiger partial charge in [-0.15, -0.1) is 0 Å².